The molecule has 1 atom stereocenters. The van der Waals surface area contributed by atoms with E-state index in [1.165, 1.54) is 12.2 Å². The Balaban J connectivity index is 2.39. The molecule has 56 valence electrons. The van der Waals surface area contributed by atoms with Gasteiger partial charge in [0.05, 0.1) is 12.4 Å². The van der Waals surface area contributed by atoms with Crippen LogP contribution in [0.25, 0.3) is 0 Å². The average molecular weight is 138 g/mol. The average Bonchev–Trinajstić information content (AvgIpc) is 1.87. The zero-order valence-electron chi connectivity index (χ0n) is 6.90. The molecule has 2 bridgehead atoms. The molecule has 2 heterocycles. The molecule has 1 heteroatoms. The van der Waals surface area contributed by atoms with Crippen molar-refractivity contribution in [2.75, 3.05) is 6.61 Å². The number of ether oxygens (including phenoxy) is 1. The summed E-state index contributed by atoms with van der Waals surface area (Å²) in [6.07, 6.45) is 1.29. The van der Waals surface area contributed by atoms with Gasteiger partial charge in [-0.25, -0.2) is 0 Å². The molecule has 1 nitrogen and oxygen atoms in total. The van der Waals surface area contributed by atoms with E-state index in [4.69, 9.17) is 4.74 Å². The first kappa shape index (κ1) is 6.26. The molecule has 0 aromatic carbocycles. The Kier molecular flexibility index (Phi) is 0.988. The molecule has 1 unspecified atom stereocenters. The van der Waals surface area contributed by atoms with Gasteiger partial charge in [-0.15, -0.1) is 0 Å². The van der Waals surface area contributed by atoms with Crippen LogP contribution in [0, 0.1) is 11.3 Å². The third-order valence-electron chi connectivity index (χ3n) is 3.17. The highest BCUT2D eigenvalue weighted by atomic mass is 16.5. The lowest BCUT2D eigenvalue weighted by Crippen LogP contribution is -2.44. The van der Waals surface area contributed by atoms with Gasteiger partial charge in [0.2, 0.25) is 0 Å². The second-order valence-corrected chi connectivity index (χ2v) is 3.97. The molecule has 10 heavy (non-hydrogen) atoms. The van der Waals surface area contributed by atoms with Gasteiger partial charge in [0, 0.05) is 5.92 Å². The highest BCUT2D eigenvalue weighted by Crippen LogP contribution is 2.55. The molecule has 0 saturated heterocycles. The maximum absolute atomic E-state index is 5.46. The summed E-state index contributed by atoms with van der Waals surface area (Å²) in [7, 11) is 0. The molecule has 1 aliphatic carbocycles. The first-order chi connectivity index (χ1) is 4.62. The summed E-state index contributed by atoms with van der Waals surface area (Å²) in [5.74, 6) is 1.98. The largest absolute Gasteiger partial charge is 0.498 e. The predicted molar refractivity (Wildman–Crippen MR) is 40.5 cm³/mol. The fourth-order valence-corrected chi connectivity index (χ4v) is 2.06. The van der Waals surface area contributed by atoms with Gasteiger partial charge in [0.1, 0.15) is 0 Å². The first-order valence-electron chi connectivity index (χ1n) is 3.95. The van der Waals surface area contributed by atoms with Crippen LogP contribution in [0.4, 0.5) is 0 Å². The van der Waals surface area contributed by atoms with Crippen LogP contribution in [-0.2, 0) is 4.74 Å². The fourth-order valence-electron chi connectivity index (χ4n) is 2.06. The minimum atomic E-state index is 0.461. The van der Waals surface area contributed by atoms with E-state index in [2.05, 4.69) is 20.8 Å². The molecule has 3 rings (SSSR count). The number of hydrogen-bond donors (Lipinski definition) is 0. The van der Waals surface area contributed by atoms with Crippen molar-refractivity contribution in [3.05, 3.63) is 11.3 Å². The van der Waals surface area contributed by atoms with E-state index in [1.807, 2.05) is 0 Å². The minimum Gasteiger partial charge on any atom is -0.498 e. The number of allylic oxidation sites excluding steroid dienone is 2. The van der Waals surface area contributed by atoms with E-state index in [0.717, 1.165) is 12.5 Å². The zero-order valence-corrected chi connectivity index (χ0v) is 6.90. The zero-order chi connectivity index (χ0) is 7.35. The standard InChI is InChI=1S/C9H14O/c1-6-8-4-7(5-10-6)9(8,2)3/h7H,4-5H2,1-3H3. The van der Waals surface area contributed by atoms with Gasteiger partial charge in [-0.1, -0.05) is 13.8 Å². The van der Waals surface area contributed by atoms with Crippen LogP contribution < -0.4 is 0 Å². The normalized spacial score (nSPS) is 34.9. The molecule has 0 N–H and O–H groups in total. The number of rotatable bonds is 0. The summed E-state index contributed by atoms with van der Waals surface area (Å²) >= 11 is 0. The molecule has 0 amide bonds. The SMILES string of the molecule is CC1=C2CC(CO1)C2(C)C. The van der Waals surface area contributed by atoms with E-state index in [9.17, 15) is 0 Å². The molecule has 2 aliphatic heterocycles. The van der Waals surface area contributed by atoms with Gasteiger partial charge in [-0.2, -0.15) is 0 Å². The topological polar surface area (TPSA) is 9.23 Å². The van der Waals surface area contributed by atoms with Gasteiger partial charge in [0.15, 0.2) is 0 Å². The lowest BCUT2D eigenvalue weighted by atomic mass is 9.57. The highest BCUT2D eigenvalue weighted by Gasteiger charge is 2.48. The van der Waals surface area contributed by atoms with E-state index >= 15 is 0 Å². The molecule has 1 fully saturated rings. The van der Waals surface area contributed by atoms with Crippen molar-refractivity contribution in [1.82, 2.24) is 0 Å². The van der Waals surface area contributed by atoms with Crippen LogP contribution in [0.1, 0.15) is 27.2 Å². The van der Waals surface area contributed by atoms with Crippen LogP contribution in [0.15, 0.2) is 11.3 Å². The van der Waals surface area contributed by atoms with Crippen LogP contribution in [0.3, 0.4) is 0 Å². The number of hydrogen-bond acceptors (Lipinski definition) is 1. The molecule has 3 aliphatic rings. The molecular formula is C9H14O. The van der Waals surface area contributed by atoms with E-state index in [-0.39, 0.29) is 0 Å². The van der Waals surface area contributed by atoms with Crippen LogP contribution >= 0.6 is 0 Å². The Hall–Kier alpha value is -0.460. The Labute approximate surface area is 62.1 Å². The minimum absolute atomic E-state index is 0.461. The number of fused-ring (bicyclic) bond motifs is 2. The Morgan fingerprint density at radius 3 is 2.50 bits per heavy atom. The summed E-state index contributed by atoms with van der Waals surface area (Å²) in [6.45, 7) is 7.68. The van der Waals surface area contributed by atoms with Gasteiger partial charge in [0.25, 0.3) is 0 Å². The third kappa shape index (κ3) is 0.536. The predicted octanol–water partition coefficient (Wildman–Crippen LogP) is 2.34. The van der Waals surface area contributed by atoms with Crippen molar-refractivity contribution >= 4 is 0 Å². The lowest BCUT2D eigenvalue weighted by molar-refractivity contribution is 0.0121. The van der Waals surface area contributed by atoms with Crippen LogP contribution in [0.2, 0.25) is 0 Å². The Morgan fingerprint density at radius 2 is 2.20 bits per heavy atom. The molecule has 0 aromatic rings. The summed E-state index contributed by atoms with van der Waals surface area (Å²) in [5, 5.41) is 0. The van der Waals surface area contributed by atoms with Crippen LogP contribution in [-0.4, -0.2) is 6.61 Å². The molecular weight excluding hydrogens is 124 g/mol. The van der Waals surface area contributed by atoms with Crippen LogP contribution in [0.5, 0.6) is 0 Å². The second-order valence-electron chi connectivity index (χ2n) is 3.97. The lowest BCUT2D eigenvalue weighted by Gasteiger charge is -2.51. The maximum atomic E-state index is 5.46. The first-order valence-corrected chi connectivity index (χ1v) is 3.95. The molecule has 1 saturated carbocycles. The summed E-state index contributed by atoms with van der Waals surface area (Å²) in [4.78, 5) is 0. The summed E-state index contributed by atoms with van der Waals surface area (Å²) in [5.41, 5.74) is 2.01. The fraction of sp³-hybridized carbons (Fsp3) is 0.778. The Bertz CT molecular complexity index is 201. The summed E-state index contributed by atoms with van der Waals surface area (Å²) < 4.78 is 5.46. The maximum Gasteiger partial charge on any atom is 0.0926 e. The highest BCUT2D eigenvalue weighted by molar-refractivity contribution is 5.29. The smallest absolute Gasteiger partial charge is 0.0926 e. The summed E-state index contributed by atoms with van der Waals surface area (Å²) in [6, 6.07) is 0. The monoisotopic (exact) mass is 138 g/mol. The van der Waals surface area contributed by atoms with Gasteiger partial charge >= 0.3 is 0 Å². The van der Waals surface area contributed by atoms with Crippen molar-refractivity contribution in [3.8, 4) is 0 Å². The second kappa shape index (κ2) is 1.58. The molecule has 0 spiro atoms. The van der Waals surface area contributed by atoms with E-state index < -0.39 is 0 Å². The van der Waals surface area contributed by atoms with Gasteiger partial charge < -0.3 is 4.74 Å². The van der Waals surface area contributed by atoms with Gasteiger partial charge in [-0.05, 0) is 24.3 Å². The van der Waals surface area contributed by atoms with Crippen molar-refractivity contribution in [2.24, 2.45) is 11.3 Å². The van der Waals surface area contributed by atoms with E-state index in [0.29, 0.717) is 5.41 Å². The Morgan fingerprint density at radius 1 is 1.50 bits per heavy atom. The third-order valence-corrected chi connectivity index (χ3v) is 3.17. The van der Waals surface area contributed by atoms with Crippen molar-refractivity contribution in [1.29, 1.82) is 0 Å². The van der Waals surface area contributed by atoms with Crippen molar-refractivity contribution < 1.29 is 4.74 Å². The van der Waals surface area contributed by atoms with Crippen molar-refractivity contribution in [2.45, 2.75) is 27.2 Å². The van der Waals surface area contributed by atoms with Gasteiger partial charge in [-0.3, -0.25) is 0 Å². The van der Waals surface area contributed by atoms with E-state index in [1.54, 1.807) is 5.57 Å². The van der Waals surface area contributed by atoms with Crippen molar-refractivity contribution in [3.63, 3.8) is 0 Å². The quantitative estimate of drug-likeness (QED) is 0.499. The molecule has 0 aromatic heterocycles. The molecule has 0 radical (unpaired) electrons.